The van der Waals surface area contributed by atoms with E-state index < -0.39 is 9.84 Å². The molecule has 114 valence electrons. The van der Waals surface area contributed by atoms with E-state index in [1.807, 2.05) is 19.3 Å². The lowest BCUT2D eigenvalue weighted by Gasteiger charge is -2.11. The molecule has 1 aromatic heterocycles. The molecule has 2 aromatic rings. The predicted molar refractivity (Wildman–Crippen MR) is 83.2 cm³/mol. The van der Waals surface area contributed by atoms with Crippen molar-refractivity contribution in [1.82, 2.24) is 15.1 Å². The van der Waals surface area contributed by atoms with Crippen molar-refractivity contribution in [3.8, 4) is 0 Å². The van der Waals surface area contributed by atoms with Crippen LogP contribution in [0.15, 0.2) is 35.4 Å². The Labute approximate surface area is 129 Å². The highest BCUT2D eigenvalue weighted by Crippen LogP contribution is 2.23. The maximum Gasteiger partial charge on any atom is 0.175 e. The van der Waals surface area contributed by atoms with Crippen molar-refractivity contribution >= 4 is 21.4 Å². The highest BCUT2D eigenvalue weighted by Gasteiger charge is 2.15. The molecule has 1 aromatic carbocycles. The zero-order chi connectivity index (χ0) is 15.5. The van der Waals surface area contributed by atoms with Crippen molar-refractivity contribution in [2.45, 2.75) is 17.9 Å². The molecule has 0 spiro atoms. The highest BCUT2D eigenvalue weighted by atomic mass is 35.5. The maximum absolute atomic E-state index is 11.8. The van der Waals surface area contributed by atoms with Gasteiger partial charge in [-0.3, -0.25) is 4.68 Å². The summed E-state index contributed by atoms with van der Waals surface area (Å²) < 4.78 is 25.3. The topological polar surface area (TPSA) is 64.0 Å². The second kappa shape index (κ2) is 6.60. The third-order valence-corrected chi connectivity index (χ3v) is 4.64. The van der Waals surface area contributed by atoms with Crippen molar-refractivity contribution in [3.63, 3.8) is 0 Å². The fourth-order valence-electron chi connectivity index (χ4n) is 2.08. The molecule has 0 aliphatic heterocycles. The lowest BCUT2D eigenvalue weighted by Crippen LogP contribution is -2.19. The summed E-state index contributed by atoms with van der Waals surface area (Å²) in [6, 6.07) is 6.89. The van der Waals surface area contributed by atoms with E-state index in [9.17, 15) is 8.42 Å². The SMILES string of the molecule is Cn1ccc(CCNCc2c(Cl)cccc2S(C)(=O)=O)n1. The minimum Gasteiger partial charge on any atom is -0.312 e. The summed E-state index contributed by atoms with van der Waals surface area (Å²) in [4.78, 5) is 0.278. The van der Waals surface area contributed by atoms with E-state index in [1.54, 1.807) is 22.9 Å². The van der Waals surface area contributed by atoms with Crippen LogP contribution in [0.25, 0.3) is 0 Å². The number of nitrogens with zero attached hydrogens (tertiary/aromatic N) is 2. The second-order valence-electron chi connectivity index (χ2n) is 4.90. The Bertz CT molecular complexity index is 726. The molecule has 2 rings (SSSR count). The van der Waals surface area contributed by atoms with Crippen LogP contribution in [0.1, 0.15) is 11.3 Å². The van der Waals surface area contributed by atoms with Gasteiger partial charge in [0.15, 0.2) is 9.84 Å². The lowest BCUT2D eigenvalue weighted by molar-refractivity contribution is 0.598. The van der Waals surface area contributed by atoms with E-state index in [0.717, 1.165) is 12.1 Å². The van der Waals surface area contributed by atoms with Gasteiger partial charge in [-0.25, -0.2) is 8.42 Å². The molecule has 7 heteroatoms. The number of aromatic nitrogens is 2. The molecule has 0 atom stereocenters. The van der Waals surface area contributed by atoms with Crippen molar-refractivity contribution in [2.75, 3.05) is 12.8 Å². The van der Waals surface area contributed by atoms with Gasteiger partial charge in [0.05, 0.1) is 10.6 Å². The van der Waals surface area contributed by atoms with E-state index in [0.29, 0.717) is 23.7 Å². The average molecular weight is 328 g/mol. The van der Waals surface area contributed by atoms with Gasteiger partial charge in [-0.05, 0) is 18.2 Å². The van der Waals surface area contributed by atoms with Crippen molar-refractivity contribution in [2.24, 2.45) is 7.05 Å². The van der Waals surface area contributed by atoms with Crippen LogP contribution in [0.4, 0.5) is 0 Å². The van der Waals surface area contributed by atoms with Crippen LogP contribution >= 0.6 is 11.6 Å². The highest BCUT2D eigenvalue weighted by molar-refractivity contribution is 7.90. The summed E-state index contributed by atoms with van der Waals surface area (Å²) >= 11 is 6.11. The van der Waals surface area contributed by atoms with E-state index in [4.69, 9.17) is 11.6 Å². The zero-order valence-electron chi connectivity index (χ0n) is 12.0. The predicted octanol–water partition coefficient (Wildman–Crippen LogP) is 1.81. The number of hydrogen-bond donors (Lipinski definition) is 1. The minimum atomic E-state index is -3.28. The van der Waals surface area contributed by atoms with Crippen LogP contribution in [0.3, 0.4) is 0 Å². The first-order valence-corrected chi connectivity index (χ1v) is 8.81. The van der Waals surface area contributed by atoms with Crippen LogP contribution < -0.4 is 5.32 Å². The third kappa shape index (κ3) is 4.30. The monoisotopic (exact) mass is 327 g/mol. The Morgan fingerprint density at radius 1 is 1.33 bits per heavy atom. The van der Waals surface area contributed by atoms with Crippen LogP contribution in [0, 0.1) is 0 Å². The summed E-state index contributed by atoms with van der Waals surface area (Å²) in [5, 5.41) is 7.96. The molecule has 0 unspecified atom stereocenters. The van der Waals surface area contributed by atoms with Gasteiger partial charge in [0.25, 0.3) is 0 Å². The molecule has 0 saturated heterocycles. The number of sulfone groups is 1. The molecule has 0 saturated carbocycles. The number of aryl methyl sites for hydroxylation is 1. The average Bonchev–Trinajstić information content (AvgIpc) is 2.80. The molecule has 0 bridgehead atoms. The molecular weight excluding hydrogens is 310 g/mol. The first kappa shape index (κ1) is 16.0. The number of rotatable bonds is 6. The van der Waals surface area contributed by atoms with Gasteiger partial charge in [0.1, 0.15) is 0 Å². The molecule has 0 aliphatic rings. The van der Waals surface area contributed by atoms with Crippen LogP contribution in [0.5, 0.6) is 0 Å². The quantitative estimate of drug-likeness (QED) is 0.822. The minimum absolute atomic E-state index is 0.278. The smallest absolute Gasteiger partial charge is 0.175 e. The Hall–Kier alpha value is -1.37. The number of benzene rings is 1. The molecule has 0 amide bonds. The Balaban J connectivity index is 2.00. The maximum atomic E-state index is 11.8. The molecule has 0 fully saturated rings. The molecule has 0 radical (unpaired) electrons. The van der Waals surface area contributed by atoms with Gasteiger partial charge in [-0.1, -0.05) is 17.7 Å². The fraction of sp³-hybridized carbons (Fsp3) is 0.357. The van der Waals surface area contributed by atoms with Gasteiger partial charge in [0, 0.05) is 49.6 Å². The number of halogens is 1. The van der Waals surface area contributed by atoms with E-state index in [-0.39, 0.29) is 4.90 Å². The van der Waals surface area contributed by atoms with Gasteiger partial charge >= 0.3 is 0 Å². The largest absolute Gasteiger partial charge is 0.312 e. The summed E-state index contributed by atoms with van der Waals surface area (Å²) in [5.41, 5.74) is 1.61. The van der Waals surface area contributed by atoms with Crippen LogP contribution in [-0.4, -0.2) is 31.0 Å². The number of nitrogens with one attached hydrogen (secondary N) is 1. The van der Waals surface area contributed by atoms with E-state index in [1.165, 1.54) is 6.26 Å². The molecule has 1 N–H and O–H groups in total. The normalized spacial score (nSPS) is 11.8. The zero-order valence-corrected chi connectivity index (χ0v) is 13.6. The summed E-state index contributed by atoms with van der Waals surface area (Å²) in [6.45, 7) is 1.11. The standard InChI is InChI=1S/C14H18ClN3O2S/c1-18-9-7-11(17-18)6-8-16-10-12-13(15)4-3-5-14(12)21(2,19)20/h3-5,7,9,16H,6,8,10H2,1-2H3. The van der Waals surface area contributed by atoms with E-state index in [2.05, 4.69) is 10.4 Å². The second-order valence-corrected chi connectivity index (χ2v) is 7.29. The van der Waals surface area contributed by atoms with Crippen LogP contribution in [0.2, 0.25) is 5.02 Å². The Morgan fingerprint density at radius 3 is 2.71 bits per heavy atom. The molecule has 0 aliphatic carbocycles. The molecule has 1 heterocycles. The Kier molecular flexibility index (Phi) is 5.03. The summed E-state index contributed by atoms with van der Waals surface area (Å²) in [7, 11) is -1.41. The van der Waals surface area contributed by atoms with Crippen molar-refractivity contribution < 1.29 is 8.42 Å². The molecule has 21 heavy (non-hydrogen) atoms. The molecular formula is C14H18ClN3O2S. The van der Waals surface area contributed by atoms with Gasteiger partial charge in [0.2, 0.25) is 0 Å². The first-order valence-electron chi connectivity index (χ1n) is 6.54. The van der Waals surface area contributed by atoms with E-state index >= 15 is 0 Å². The van der Waals surface area contributed by atoms with Crippen molar-refractivity contribution in [3.05, 3.63) is 46.7 Å². The third-order valence-electron chi connectivity index (χ3n) is 3.10. The Morgan fingerprint density at radius 2 is 2.10 bits per heavy atom. The van der Waals surface area contributed by atoms with Gasteiger partial charge in [-0.2, -0.15) is 5.10 Å². The molecule has 5 nitrogen and oxygen atoms in total. The first-order chi connectivity index (χ1) is 9.88. The van der Waals surface area contributed by atoms with Gasteiger partial charge < -0.3 is 5.32 Å². The van der Waals surface area contributed by atoms with Gasteiger partial charge in [-0.15, -0.1) is 0 Å². The number of hydrogen-bond acceptors (Lipinski definition) is 4. The van der Waals surface area contributed by atoms with Crippen LogP contribution in [-0.2, 0) is 29.9 Å². The fourth-order valence-corrected chi connectivity index (χ4v) is 3.34. The van der Waals surface area contributed by atoms with Crippen molar-refractivity contribution in [1.29, 1.82) is 0 Å². The lowest BCUT2D eigenvalue weighted by atomic mass is 10.2. The summed E-state index contributed by atoms with van der Waals surface area (Å²) in [5.74, 6) is 0. The summed E-state index contributed by atoms with van der Waals surface area (Å²) in [6.07, 6.45) is 3.86.